The van der Waals surface area contributed by atoms with E-state index in [1.807, 2.05) is 6.07 Å². The van der Waals surface area contributed by atoms with Crippen molar-refractivity contribution in [3.8, 4) is 11.5 Å². The number of methoxy groups -OCH3 is 2. The number of hydrogen-bond donors (Lipinski definition) is 0. The zero-order valence-electron chi connectivity index (χ0n) is 20.3. The van der Waals surface area contributed by atoms with Gasteiger partial charge in [-0.25, -0.2) is 0 Å². The minimum absolute atomic E-state index is 0.152. The van der Waals surface area contributed by atoms with Crippen molar-refractivity contribution in [3.63, 3.8) is 0 Å². The second kappa shape index (κ2) is 9.38. The maximum atomic E-state index is 12.7. The average molecular weight is 474 g/mol. The lowest BCUT2D eigenvalue weighted by molar-refractivity contribution is -0.166. The van der Waals surface area contributed by atoms with Crippen LogP contribution in [0, 0.1) is 5.92 Å². The highest BCUT2D eigenvalue weighted by Crippen LogP contribution is 2.64. The van der Waals surface area contributed by atoms with Gasteiger partial charge in [-0.15, -0.1) is 0 Å². The van der Waals surface area contributed by atoms with Gasteiger partial charge in [-0.05, 0) is 69.7 Å². The summed E-state index contributed by atoms with van der Waals surface area (Å²) in [7, 11) is 5.21. The summed E-state index contributed by atoms with van der Waals surface area (Å²) >= 11 is 0. The van der Waals surface area contributed by atoms with E-state index in [0.717, 1.165) is 38.0 Å². The summed E-state index contributed by atoms with van der Waals surface area (Å²) in [5.41, 5.74) is 2.45. The lowest BCUT2D eigenvalue weighted by atomic mass is 9.51. The summed E-state index contributed by atoms with van der Waals surface area (Å²) in [4.78, 5) is 26.5. The van der Waals surface area contributed by atoms with Crippen LogP contribution in [0.15, 0.2) is 12.1 Å². The van der Waals surface area contributed by atoms with E-state index in [2.05, 4.69) is 22.8 Å². The first-order valence-corrected chi connectivity index (χ1v) is 12.4. The third-order valence-corrected chi connectivity index (χ3v) is 8.38. The van der Waals surface area contributed by atoms with Crippen LogP contribution >= 0.6 is 0 Å². The van der Waals surface area contributed by atoms with E-state index < -0.39 is 0 Å². The van der Waals surface area contributed by atoms with Crippen LogP contribution in [0.1, 0.15) is 56.1 Å². The number of carbonyl (C=O) groups excluding carboxylic acids is 2. The van der Waals surface area contributed by atoms with Crippen LogP contribution in [0.25, 0.3) is 0 Å². The quantitative estimate of drug-likeness (QED) is 0.308. The van der Waals surface area contributed by atoms with Gasteiger partial charge in [0.1, 0.15) is 12.2 Å². The van der Waals surface area contributed by atoms with E-state index in [-0.39, 0.29) is 36.4 Å². The third kappa shape index (κ3) is 3.75. The maximum Gasteiger partial charge on any atom is 0.306 e. The molecule has 1 aromatic rings. The molecule has 0 N–H and O–H groups in total. The average Bonchev–Trinajstić information content (AvgIpc) is 3.19. The zero-order chi connectivity index (χ0) is 23.9. The minimum Gasteiger partial charge on any atom is -0.481 e. The van der Waals surface area contributed by atoms with E-state index in [4.69, 9.17) is 18.9 Å². The summed E-state index contributed by atoms with van der Waals surface area (Å²) in [5, 5.41) is 0. The Labute approximate surface area is 200 Å². The monoisotopic (exact) mass is 473 g/mol. The third-order valence-electron chi connectivity index (χ3n) is 8.38. The molecule has 1 saturated carbocycles. The molecule has 8 heteroatoms. The van der Waals surface area contributed by atoms with Crippen LogP contribution in [-0.2, 0) is 35.6 Å². The summed E-state index contributed by atoms with van der Waals surface area (Å²) < 4.78 is 28.4. The molecule has 1 aromatic carbocycles. The topological polar surface area (TPSA) is 83.5 Å². The van der Waals surface area contributed by atoms with E-state index in [0.29, 0.717) is 43.4 Å². The number of rotatable bonds is 9. The van der Waals surface area contributed by atoms with Gasteiger partial charge in [0, 0.05) is 37.0 Å². The number of likely N-dealkylation sites (tertiary alicyclic amines) is 1. The van der Waals surface area contributed by atoms with Crippen molar-refractivity contribution in [2.24, 2.45) is 5.92 Å². The highest BCUT2D eigenvalue weighted by atomic mass is 16.7. The van der Waals surface area contributed by atoms with E-state index >= 15 is 0 Å². The fraction of sp³-hybridized carbons (Fsp3) is 0.692. The fourth-order valence-corrected chi connectivity index (χ4v) is 6.90. The molecular formula is C26H35NO7. The Bertz CT molecular complexity index is 949. The van der Waals surface area contributed by atoms with Crippen molar-refractivity contribution >= 4 is 11.9 Å². The molecule has 5 rings (SSSR count). The number of carbonyl (C=O) groups is 2. The predicted octanol–water partition coefficient (Wildman–Crippen LogP) is 2.98. The van der Waals surface area contributed by atoms with Gasteiger partial charge in [0.2, 0.25) is 0 Å². The second-order valence-corrected chi connectivity index (χ2v) is 10.1. The highest BCUT2D eigenvalue weighted by molar-refractivity contribution is 5.71. The standard InChI is InChI=1S/C26H35NO7/c1-27-13-12-26-17-9-11-20(33-22(29)7-5-4-6-21(28)31-3)25(26)34-24-19(32-15-30-2)10-8-16(23(24)26)14-18(17)27/h8,10,17-18,20,25H,4-7,9,11-15H2,1-3H3/t17-,18+,20-,25-,26-/m0/s1. The number of likely N-dealkylation sites (N-methyl/N-ethyl adjacent to an activating group) is 1. The molecule has 1 spiro atoms. The Kier molecular flexibility index (Phi) is 6.46. The van der Waals surface area contributed by atoms with Gasteiger partial charge in [0.15, 0.2) is 18.3 Å². The van der Waals surface area contributed by atoms with Crippen molar-refractivity contribution < 1.29 is 33.3 Å². The Morgan fingerprint density at radius 1 is 1.15 bits per heavy atom. The van der Waals surface area contributed by atoms with Crippen LogP contribution in [0.5, 0.6) is 11.5 Å². The molecule has 5 atom stereocenters. The largest absolute Gasteiger partial charge is 0.481 e. The Morgan fingerprint density at radius 2 is 1.94 bits per heavy atom. The van der Waals surface area contributed by atoms with Crippen LogP contribution in [0.4, 0.5) is 0 Å². The van der Waals surface area contributed by atoms with E-state index in [1.54, 1.807) is 7.11 Å². The van der Waals surface area contributed by atoms with Gasteiger partial charge < -0.3 is 28.6 Å². The number of ether oxygens (including phenoxy) is 5. The fourth-order valence-electron chi connectivity index (χ4n) is 6.90. The van der Waals surface area contributed by atoms with Crippen molar-refractivity contribution in [2.75, 3.05) is 34.6 Å². The second-order valence-electron chi connectivity index (χ2n) is 10.1. The van der Waals surface area contributed by atoms with E-state index in [1.165, 1.54) is 18.2 Å². The first-order chi connectivity index (χ1) is 16.5. The lowest BCUT2D eigenvalue weighted by Gasteiger charge is -2.58. The van der Waals surface area contributed by atoms with Gasteiger partial charge in [-0.2, -0.15) is 0 Å². The highest BCUT2D eigenvalue weighted by Gasteiger charge is 2.66. The summed E-state index contributed by atoms with van der Waals surface area (Å²) in [6, 6.07) is 4.63. The van der Waals surface area contributed by atoms with Crippen LogP contribution in [0.2, 0.25) is 0 Å². The normalized spacial score (nSPS) is 30.8. The number of benzene rings is 1. The summed E-state index contributed by atoms with van der Waals surface area (Å²) in [6.45, 7) is 1.16. The molecule has 34 heavy (non-hydrogen) atoms. The van der Waals surface area contributed by atoms with Gasteiger partial charge in [0.25, 0.3) is 0 Å². The molecule has 0 radical (unpaired) electrons. The molecule has 0 aromatic heterocycles. The molecule has 0 unspecified atom stereocenters. The Hall–Kier alpha value is -2.32. The Morgan fingerprint density at radius 3 is 2.71 bits per heavy atom. The molecule has 2 aliphatic heterocycles. The smallest absolute Gasteiger partial charge is 0.306 e. The zero-order valence-corrected chi connectivity index (χ0v) is 20.3. The maximum absolute atomic E-state index is 12.7. The van der Waals surface area contributed by atoms with Crippen molar-refractivity contribution in [2.45, 2.75) is 75.0 Å². The molecule has 1 saturated heterocycles. The lowest BCUT2D eigenvalue weighted by Crippen LogP contribution is -2.66. The molecule has 2 heterocycles. The molecule has 4 aliphatic rings. The molecular weight excluding hydrogens is 438 g/mol. The van der Waals surface area contributed by atoms with Gasteiger partial charge in [-0.3, -0.25) is 9.59 Å². The van der Waals surface area contributed by atoms with Crippen molar-refractivity contribution in [1.29, 1.82) is 0 Å². The molecule has 8 nitrogen and oxygen atoms in total. The minimum atomic E-state index is -0.290. The number of hydrogen-bond acceptors (Lipinski definition) is 8. The number of esters is 2. The number of unbranched alkanes of at least 4 members (excludes halogenated alkanes) is 1. The number of nitrogens with zero attached hydrogens (tertiary/aromatic N) is 1. The SMILES string of the molecule is COCOc1ccc2c3c1O[C@H]1[C@@H](OC(=O)CCCCC(=O)OC)CC[C@H]4[C@@H](C2)N(C)CC[C@@]341. The van der Waals surface area contributed by atoms with Crippen LogP contribution < -0.4 is 9.47 Å². The van der Waals surface area contributed by atoms with Crippen LogP contribution in [0.3, 0.4) is 0 Å². The van der Waals surface area contributed by atoms with Crippen molar-refractivity contribution in [1.82, 2.24) is 4.90 Å². The Balaban J connectivity index is 1.38. The predicted molar refractivity (Wildman–Crippen MR) is 123 cm³/mol. The molecule has 0 amide bonds. The molecule has 2 bridgehead atoms. The van der Waals surface area contributed by atoms with Crippen LogP contribution in [-0.4, -0.2) is 69.7 Å². The first-order valence-electron chi connectivity index (χ1n) is 12.4. The summed E-state index contributed by atoms with van der Waals surface area (Å²) in [5.74, 6) is 1.51. The molecule has 186 valence electrons. The first kappa shape index (κ1) is 23.4. The van der Waals surface area contributed by atoms with Gasteiger partial charge in [-0.1, -0.05) is 6.07 Å². The molecule has 2 aliphatic carbocycles. The van der Waals surface area contributed by atoms with E-state index in [9.17, 15) is 9.59 Å². The molecule has 2 fully saturated rings. The number of piperidine rings is 1. The van der Waals surface area contributed by atoms with Crippen molar-refractivity contribution in [3.05, 3.63) is 23.3 Å². The van der Waals surface area contributed by atoms with Gasteiger partial charge in [0.05, 0.1) is 7.11 Å². The summed E-state index contributed by atoms with van der Waals surface area (Å²) in [6.07, 6.45) is 5.14. The van der Waals surface area contributed by atoms with Gasteiger partial charge >= 0.3 is 11.9 Å².